The molecule has 1 aliphatic rings. The molecule has 1 fully saturated rings. The number of methoxy groups -OCH3 is 3. The van der Waals surface area contributed by atoms with Crippen molar-refractivity contribution in [3.63, 3.8) is 0 Å². The van der Waals surface area contributed by atoms with E-state index in [1.54, 1.807) is 74.9 Å². The number of anilines is 2. The molecule has 0 aliphatic carbocycles. The van der Waals surface area contributed by atoms with Gasteiger partial charge in [0, 0.05) is 12.2 Å². The number of amides is 4. The van der Waals surface area contributed by atoms with Crippen molar-refractivity contribution in [2.75, 3.05) is 31.5 Å². The first-order chi connectivity index (χ1) is 17.4. The molecule has 1 aliphatic heterocycles. The van der Waals surface area contributed by atoms with Crippen molar-refractivity contribution in [2.24, 2.45) is 0 Å². The fraction of sp³-hybridized carbons (Fsp3) is 0.222. The Morgan fingerprint density at radius 3 is 2.06 bits per heavy atom. The summed E-state index contributed by atoms with van der Waals surface area (Å²) in [5.41, 5.74) is 1.73. The van der Waals surface area contributed by atoms with Gasteiger partial charge in [0.05, 0.1) is 33.4 Å². The van der Waals surface area contributed by atoms with Crippen molar-refractivity contribution in [1.82, 2.24) is 4.90 Å². The van der Waals surface area contributed by atoms with E-state index in [2.05, 4.69) is 5.32 Å². The summed E-state index contributed by atoms with van der Waals surface area (Å²) in [4.78, 5) is 42.4. The van der Waals surface area contributed by atoms with Crippen LogP contribution in [0.1, 0.15) is 12.0 Å². The van der Waals surface area contributed by atoms with Crippen LogP contribution in [0, 0.1) is 0 Å². The molecule has 1 N–H and O–H groups in total. The van der Waals surface area contributed by atoms with E-state index < -0.39 is 23.9 Å². The SMILES string of the molecule is COc1ccc(NC(=O)CC2C(=O)N(c3ccc(OC)cc3)C(=O)N2Cc2cccc(OC)c2)cc1. The highest BCUT2D eigenvalue weighted by atomic mass is 16.5. The summed E-state index contributed by atoms with van der Waals surface area (Å²) in [6.07, 6.45) is -0.201. The second kappa shape index (κ2) is 10.8. The molecular formula is C27H27N3O6. The molecule has 186 valence electrons. The summed E-state index contributed by atoms with van der Waals surface area (Å²) in [6.45, 7) is 0.134. The number of hydrogen-bond acceptors (Lipinski definition) is 6. The molecule has 36 heavy (non-hydrogen) atoms. The number of nitrogens with zero attached hydrogens (tertiary/aromatic N) is 2. The number of imide groups is 1. The number of rotatable bonds is 9. The molecule has 0 radical (unpaired) electrons. The van der Waals surface area contributed by atoms with Gasteiger partial charge in [0.15, 0.2) is 0 Å². The highest BCUT2D eigenvalue weighted by molar-refractivity contribution is 6.22. The number of benzene rings is 3. The Morgan fingerprint density at radius 1 is 0.833 bits per heavy atom. The maximum absolute atomic E-state index is 13.5. The van der Waals surface area contributed by atoms with Crippen molar-refractivity contribution in [3.05, 3.63) is 78.4 Å². The molecule has 0 saturated carbocycles. The van der Waals surface area contributed by atoms with Gasteiger partial charge in [0.1, 0.15) is 23.3 Å². The molecule has 1 heterocycles. The highest BCUT2D eigenvalue weighted by Gasteiger charge is 2.46. The summed E-state index contributed by atoms with van der Waals surface area (Å²) >= 11 is 0. The predicted molar refractivity (Wildman–Crippen MR) is 134 cm³/mol. The second-order valence-corrected chi connectivity index (χ2v) is 8.13. The lowest BCUT2D eigenvalue weighted by Crippen LogP contribution is -2.37. The lowest BCUT2D eigenvalue weighted by Gasteiger charge is -2.22. The van der Waals surface area contributed by atoms with Crippen molar-refractivity contribution < 1.29 is 28.6 Å². The van der Waals surface area contributed by atoms with Crippen molar-refractivity contribution >= 4 is 29.2 Å². The molecule has 3 aromatic rings. The summed E-state index contributed by atoms with van der Waals surface area (Å²) in [5, 5.41) is 2.79. The number of urea groups is 1. The third-order valence-corrected chi connectivity index (χ3v) is 5.89. The molecule has 0 aromatic heterocycles. The van der Waals surface area contributed by atoms with Crippen LogP contribution in [0.15, 0.2) is 72.8 Å². The number of carbonyl (C=O) groups is 3. The van der Waals surface area contributed by atoms with E-state index >= 15 is 0 Å². The van der Waals surface area contributed by atoms with Crippen LogP contribution in [-0.4, -0.2) is 50.1 Å². The van der Waals surface area contributed by atoms with Crippen molar-refractivity contribution in [2.45, 2.75) is 19.0 Å². The molecule has 0 spiro atoms. The van der Waals surface area contributed by atoms with E-state index in [1.165, 1.54) is 12.0 Å². The van der Waals surface area contributed by atoms with Crippen LogP contribution in [0.4, 0.5) is 16.2 Å². The van der Waals surface area contributed by atoms with Crippen LogP contribution >= 0.6 is 0 Å². The van der Waals surface area contributed by atoms with E-state index in [1.807, 2.05) is 12.1 Å². The van der Waals surface area contributed by atoms with Gasteiger partial charge in [0.25, 0.3) is 5.91 Å². The maximum atomic E-state index is 13.5. The molecule has 4 rings (SSSR count). The lowest BCUT2D eigenvalue weighted by atomic mass is 10.1. The van der Waals surface area contributed by atoms with Gasteiger partial charge in [-0.15, -0.1) is 0 Å². The smallest absolute Gasteiger partial charge is 0.332 e. The first kappa shape index (κ1) is 24.6. The Morgan fingerprint density at radius 2 is 1.44 bits per heavy atom. The topological polar surface area (TPSA) is 97.4 Å². The Labute approximate surface area is 209 Å². The molecule has 0 bridgehead atoms. The van der Waals surface area contributed by atoms with Gasteiger partial charge in [-0.25, -0.2) is 9.69 Å². The van der Waals surface area contributed by atoms with E-state index in [9.17, 15) is 14.4 Å². The minimum Gasteiger partial charge on any atom is -0.497 e. The van der Waals surface area contributed by atoms with Crippen molar-refractivity contribution in [3.8, 4) is 17.2 Å². The zero-order valence-corrected chi connectivity index (χ0v) is 20.3. The molecule has 1 unspecified atom stereocenters. The van der Waals surface area contributed by atoms with Gasteiger partial charge < -0.3 is 24.4 Å². The summed E-state index contributed by atoms with van der Waals surface area (Å²) < 4.78 is 15.6. The molecule has 1 saturated heterocycles. The quantitative estimate of drug-likeness (QED) is 0.455. The van der Waals surface area contributed by atoms with Gasteiger partial charge in [0.2, 0.25) is 5.91 Å². The number of carbonyl (C=O) groups excluding carboxylic acids is 3. The molecule has 1 atom stereocenters. The number of hydrogen-bond donors (Lipinski definition) is 1. The summed E-state index contributed by atoms with van der Waals surface area (Å²) in [5.74, 6) is 1.02. The Kier molecular flexibility index (Phi) is 7.39. The normalized spacial score (nSPS) is 15.1. The van der Waals surface area contributed by atoms with E-state index in [0.29, 0.717) is 28.6 Å². The average Bonchev–Trinajstić information content (AvgIpc) is 3.13. The monoisotopic (exact) mass is 489 g/mol. The van der Waals surface area contributed by atoms with Gasteiger partial charge in [-0.05, 0) is 66.2 Å². The van der Waals surface area contributed by atoms with E-state index in [-0.39, 0.29) is 13.0 Å². The zero-order valence-electron chi connectivity index (χ0n) is 20.3. The van der Waals surface area contributed by atoms with Gasteiger partial charge in [-0.1, -0.05) is 12.1 Å². The second-order valence-electron chi connectivity index (χ2n) is 8.13. The maximum Gasteiger partial charge on any atom is 0.332 e. The summed E-state index contributed by atoms with van der Waals surface area (Å²) in [6, 6.07) is 19.2. The highest BCUT2D eigenvalue weighted by Crippen LogP contribution is 2.30. The van der Waals surface area contributed by atoms with Crippen LogP contribution in [0.2, 0.25) is 0 Å². The van der Waals surface area contributed by atoms with E-state index in [4.69, 9.17) is 14.2 Å². The summed E-state index contributed by atoms with van der Waals surface area (Å²) in [7, 11) is 4.65. The first-order valence-corrected chi connectivity index (χ1v) is 11.3. The third-order valence-electron chi connectivity index (χ3n) is 5.89. The Balaban J connectivity index is 1.59. The minimum absolute atomic E-state index is 0.134. The average molecular weight is 490 g/mol. The fourth-order valence-corrected chi connectivity index (χ4v) is 4.01. The van der Waals surface area contributed by atoms with E-state index in [0.717, 1.165) is 10.5 Å². The zero-order chi connectivity index (χ0) is 25.7. The van der Waals surface area contributed by atoms with Crippen LogP contribution in [0.25, 0.3) is 0 Å². The predicted octanol–water partition coefficient (Wildman–Crippen LogP) is 4.08. The Hall–Kier alpha value is -4.53. The minimum atomic E-state index is -0.982. The first-order valence-electron chi connectivity index (χ1n) is 11.3. The van der Waals surface area contributed by atoms with Crippen LogP contribution < -0.4 is 24.4 Å². The van der Waals surface area contributed by atoms with Gasteiger partial charge >= 0.3 is 6.03 Å². The lowest BCUT2D eigenvalue weighted by molar-refractivity contribution is -0.124. The van der Waals surface area contributed by atoms with Gasteiger partial charge in [-0.3, -0.25) is 9.59 Å². The molecule has 9 heteroatoms. The number of nitrogens with one attached hydrogen (secondary N) is 1. The molecule has 4 amide bonds. The standard InChI is InChI=1S/C27H27N3O6/c1-34-21-11-7-19(8-12-21)28-25(31)16-24-26(32)30(20-9-13-22(35-2)14-10-20)27(33)29(24)17-18-5-4-6-23(15-18)36-3/h4-15,24H,16-17H2,1-3H3,(H,28,31). The molecular weight excluding hydrogens is 462 g/mol. The molecule has 9 nitrogen and oxygen atoms in total. The number of ether oxygens (including phenoxy) is 3. The van der Waals surface area contributed by atoms with Gasteiger partial charge in [-0.2, -0.15) is 0 Å². The largest absolute Gasteiger partial charge is 0.497 e. The van der Waals surface area contributed by atoms with Crippen LogP contribution in [0.3, 0.4) is 0 Å². The third kappa shape index (κ3) is 5.25. The van der Waals surface area contributed by atoms with Crippen LogP contribution in [0.5, 0.6) is 17.2 Å². The molecule has 3 aromatic carbocycles. The van der Waals surface area contributed by atoms with Crippen molar-refractivity contribution in [1.29, 1.82) is 0 Å². The fourth-order valence-electron chi connectivity index (χ4n) is 4.01. The van der Waals surface area contributed by atoms with Crippen LogP contribution in [-0.2, 0) is 16.1 Å². The Bertz CT molecular complexity index is 1240.